The molecule has 2 fully saturated rings. The summed E-state index contributed by atoms with van der Waals surface area (Å²) in [5, 5.41) is 3.60. The molecule has 3 rings (SSSR count). The van der Waals surface area contributed by atoms with E-state index in [1.54, 1.807) is 0 Å². The van der Waals surface area contributed by atoms with E-state index in [9.17, 15) is 4.79 Å². The molecule has 1 aromatic carbocycles. The molecule has 1 saturated heterocycles. The van der Waals surface area contributed by atoms with Crippen molar-refractivity contribution < 1.29 is 4.79 Å². The zero-order valence-corrected chi connectivity index (χ0v) is 12.6. The molecule has 1 heterocycles. The summed E-state index contributed by atoms with van der Waals surface area (Å²) in [4.78, 5) is 12.6. The van der Waals surface area contributed by atoms with Gasteiger partial charge in [0.2, 0.25) is 0 Å². The fourth-order valence-electron chi connectivity index (χ4n) is 3.86. The molecular weight excluding hydrogens is 246 g/mol. The fraction of sp³-hybridized carbons (Fsp3) is 0.611. The van der Waals surface area contributed by atoms with Crippen molar-refractivity contribution in [2.24, 2.45) is 5.92 Å². The second-order valence-electron chi connectivity index (χ2n) is 6.68. The summed E-state index contributed by atoms with van der Waals surface area (Å²) < 4.78 is 0. The van der Waals surface area contributed by atoms with Gasteiger partial charge in [-0.05, 0) is 50.2 Å². The number of hydrogen-bond acceptors (Lipinski definition) is 2. The van der Waals surface area contributed by atoms with Crippen LogP contribution in [0, 0.1) is 19.8 Å². The van der Waals surface area contributed by atoms with Crippen LogP contribution in [-0.2, 0) is 11.2 Å². The maximum Gasteiger partial charge on any atom is 0.154 e. The Morgan fingerprint density at radius 3 is 2.85 bits per heavy atom. The van der Waals surface area contributed by atoms with Gasteiger partial charge < -0.3 is 5.32 Å². The molecular formula is C18H25NO. The number of benzene rings is 1. The SMILES string of the molecule is Cc1ccc(C)c(CC(=O)C2CC3CCCCC3N2)c1. The highest BCUT2D eigenvalue weighted by Crippen LogP contribution is 2.33. The van der Waals surface area contributed by atoms with Gasteiger partial charge in [-0.3, -0.25) is 4.79 Å². The summed E-state index contributed by atoms with van der Waals surface area (Å²) in [5.41, 5.74) is 3.68. The lowest BCUT2D eigenvalue weighted by Crippen LogP contribution is -2.37. The lowest BCUT2D eigenvalue weighted by molar-refractivity contribution is -0.120. The number of nitrogens with one attached hydrogen (secondary N) is 1. The number of carbonyl (C=O) groups excluding carboxylic acids is 1. The quantitative estimate of drug-likeness (QED) is 0.913. The van der Waals surface area contributed by atoms with Gasteiger partial charge in [0.1, 0.15) is 0 Å². The smallest absolute Gasteiger partial charge is 0.154 e. The van der Waals surface area contributed by atoms with Crippen LogP contribution in [0.25, 0.3) is 0 Å². The molecule has 20 heavy (non-hydrogen) atoms. The molecule has 1 aromatic rings. The van der Waals surface area contributed by atoms with Crippen LogP contribution in [0.5, 0.6) is 0 Å². The molecule has 0 amide bonds. The summed E-state index contributed by atoms with van der Waals surface area (Å²) in [6, 6.07) is 7.11. The average Bonchev–Trinajstić information content (AvgIpc) is 2.87. The Bertz CT molecular complexity index is 494. The number of rotatable bonds is 3. The predicted molar refractivity (Wildman–Crippen MR) is 81.9 cm³/mol. The van der Waals surface area contributed by atoms with Gasteiger partial charge in [0.05, 0.1) is 6.04 Å². The standard InChI is InChI=1S/C18H25NO/c1-12-7-8-13(2)15(9-12)11-18(20)17-10-14-5-3-4-6-16(14)19-17/h7-9,14,16-17,19H,3-6,10-11H2,1-2H3. The van der Waals surface area contributed by atoms with Gasteiger partial charge in [0, 0.05) is 12.5 Å². The number of Topliss-reactive ketones (excluding diaryl/α,β-unsaturated/α-hetero) is 1. The highest BCUT2D eigenvalue weighted by atomic mass is 16.1. The largest absolute Gasteiger partial charge is 0.304 e. The van der Waals surface area contributed by atoms with Crippen molar-refractivity contribution in [2.45, 2.75) is 64.5 Å². The van der Waals surface area contributed by atoms with E-state index in [0.29, 0.717) is 18.2 Å². The van der Waals surface area contributed by atoms with E-state index in [2.05, 4.69) is 37.4 Å². The maximum atomic E-state index is 12.6. The van der Waals surface area contributed by atoms with Gasteiger partial charge in [0.15, 0.2) is 5.78 Å². The van der Waals surface area contributed by atoms with Crippen molar-refractivity contribution in [3.8, 4) is 0 Å². The second-order valence-corrected chi connectivity index (χ2v) is 6.68. The van der Waals surface area contributed by atoms with E-state index in [-0.39, 0.29) is 6.04 Å². The zero-order valence-electron chi connectivity index (χ0n) is 12.6. The van der Waals surface area contributed by atoms with Crippen LogP contribution < -0.4 is 5.32 Å². The fourth-order valence-corrected chi connectivity index (χ4v) is 3.86. The molecule has 3 atom stereocenters. The van der Waals surface area contributed by atoms with E-state index in [1.807, 2.05) is 0 Å². The lowest BCUT2D eigenvalue weighted by Gasteiger charge is -2.24. The monoisotopic (exact) mass is 271 g/mol. The van der Waals surface area contributed by atoms with Crippen LogP contribution in [0.1, 0.15) is 48.8 Å². The van der Waals surface area contributed by atoms with Crippen molar-refractivity contribution in [3.63, 3.8) is 0 Å². The first-order valence-electron chi connectivity index (χ1n) is 7.98. The molecule has 0 bridgehead atoms. The number of carbonyl (C=O) groups is 1. The maximum absolute atomic E-state index is 12.6. The van der Waals surface area contributed by atoms with Gasteiger partial charge in [-0.25, -0.2) is 0 Å². The molecule has 108 valence electrons. The summed E-state index contributed by atoms with van der Waals surface area (Å²) in [5.74, 6) is 1.13. The van der Waals surface area contributed by atoms with Crippen LogP contribution in [0.2, 0.25) is 0 Å². The normalized spacial score (nSPS) is 29.2. The number of aryl methyl sites for hydroxylation is 2. The number of fused-ring (bicyclic) bond motifs is 1. The van der Waals surface area contributed by atoms with Crippen molar-refractivity contribution in [1.29, 1.82) is 0 Å². The van der Waals surface area contributed by atoms with Gasteiger partial charge in [-0.2, -0.15) is 0 Å². The van der Waals surface area contributed by atoms with E-state index in [0.717, 1.165) is 12.3 Å². The Hall–Kier alpha value is -1.15. The Morgan fingerprint density at radius 1 is 1.25 bits per heavy atom. The summed E-state index contributed by atoms with van der Waals surface area (Å²) >= 11 is 0. The highest BCUT2D eigenvalue weighted by molar-refractivity contribution is 5.86. The van der Waals surface area contributed by atoms with Crippen LogP contribution in [0.4, 0.5) is 0 Å². The van der Waals surface area contributed by atoms with E-state index < -0.39 is 0 Å². The third-order valence-corrected chi connectivity index (χ3v) is 5.12. The zero-order chi connectivity index (χ0) is 14.1. The Labute approximate surface area is 122 Å². The van der Waals surface area contributed by atoms with Crippen molar-refractivity contribution >= 4 is 5.78 Å². The summed E-state index contributed by atoms with van der Waals surface area (Å²) in [6.07, 6.45) is 6.90. The van der Waals surface area contributed by atoms with Gasteiger partial charge >= 0.3 is 0 Å². The van der Waals surface area contributed by atoms with Gasteiger partial charge in [-0.15, -0.1) is 0 Å². The molecule has 0 spiro atoms. The van der Waals surface area contributed by atoms with E-state index in [1.165, 1.54) is 42.4 Å². The Morgan fingerprint density at radius 2 is 2.05 bits per heavy atom. The molecule has 1 aliphatic heterocycles. The first-order chi connectivity index (χ1) is 9.63. The summed E-state index contributed by atoms with van der Waals surface area (Å²) in [6.45, 7) is 4.19. The lowest BCUT2D eigenvalue weighted by atomic mass is 9.84. The third kappa shape index (κ3) is 2.80. The van der Waals surface area contributed by atoms with Crippen LogP contribution in [0.15, 0.2) is 18.2 Å². The van der Waals surface area contributed by atoms with Crippen LogP contribution in [-0.4, -0.2) is 17.9 Å². The Balaban J connectivity index is 1.66. The first-order valence-corrected chi connectivity index (χ1v) is 7.98. The number of hydrogen-bond donors (Lipinski definition) is 1. The molecule has 2 heteroatoms. The van der Waals surface area contributed by atoms with Crippen molar-refractivity contribution in [2.75, 3.05) is 0 Å². The third-order valence-electron chi connectivity index (χ3n) is 5.12. The molecule has 1 saturated carbocycles. The van der Waals surface area contributed by atoms with Gasteiger partial charge in [0.25, 0.3) is 0 Å². The first kappa shape index (κ1) is 13.8. The Kier molecular flexibility index (Phi) is 3.93. The van der Waals surface area contributed by atoms with Crippen molar-refractivity contribution in [3.05, 3.63) is 34.9 Å². The molecule has 2 aliphatic rings. The average molecular weight is 271 g/mol. The summed E-state index contributed by atoms with van der Waals surface area (Å²) in [7, 11) is 0. The molecule has 0 aromatic heterocycles. The minimum atomic E-state index is 0.100. The molecule has 2 nitrogen and oxygen atoms in total. The molecule has 3 unspecified atom stereocenters. The minimum Gasteiger partial charge on any atom is -0.304 e. The molecule has 1 N–H and O–H groups in total. The van der Waals surface area contributed by atoms with E-state index >= 15 is 0 Å². The van der Waals surface area contributed by atoms with E-state index in [4.69, 9.17) is 0 Å². The molecule has 1 aliphatic carbocycles. The number of ketones is 1. The molecule has 0 radical (unpaired) electrons. The van der Waals surface area contributed by atoms with Crippen LogP contribution >= 0.6 is 0 Å². The van der Waals surface area contributed by atoms with Gasteiger partial charge in [-0.1, -0.05) is 36.6 Å². The second kappa shape index (κ2) is 5.69. The minimum absolute atomic E-state index is 0.100. The van der Waals surface area contributed by atoms with Crippen molar-refractivity contribution in [1.82, 2.24) is 5.32 Å². The van der Waals surface area contributed by atoms with Crippen LogP contribution in [0.3, 0.4) is 0 Å². The topological polar surface area (TPSA) is 29.1 Å². The highest BCUT2D eigenvalue weighted by Gasteiger charge is 2.37. The predicted octanol–water partition coefficient (Wildman–Crippen LogP) is 3.34.